The highest BCUT2D eigenvalue weighted by atomic mass is 35.5. The number of carboxylic acid groups (broad SMARTS) is 1. The molecule has 0 saturated carbocycles. The lowest BCUT2D eigenvalue weighted by Crippen LogP contribution is -2.46. The number of hydrogen-bond acceptors (Lipinski definition) is 5. The minimum Gasteiger partial charge on any atom is -0.478 e. The molecule has 34 heavy (non-hydrogen) atoms. The Bertz CT molecular complexity index is 1060. The van der Waals surface area contributed by atoms with Gasteiger partial charge in [-0.1, -0.05) is 0 Å². The van der Waals surface area contributed by atoms with Gasteiger partial charge in [-0.15, -0.1) is 12.4 Å². The van der Waals surface area contributed by atoms with Gasteiger partial charge in [-0.2, -0.15) is 0 Å². The van der Waals surface area contributed by atoms with Crippen LogP contribution in [0.2, 0.25) is 0 Å². The Morgan fingerprint density at radius 2 is 1.59 bits per heavy atom. The number of nitrogens with two attached hydrogens (primary N) is 1. The number of amides is 2. The molecule has 1 aliphatic rings. The van der Waals surface area contributed by atoms with Crippen molar-refractivity contribution in [1.29, 1.82) is 0 Å². The second-order valence-corrected chi connectivity index (χ2v) is 7.65. The Labute approximate surface area is 199 Å². The Morgan fingerprint density at radius 3 is 2.24 bits per heavy atom. The van der Waals surface area contributed by atoms with E-state index in [1.54, 1.807) is 0 Å². The van der Waals surface area contributed by atoms with Gasteiger partial charge in [0.2, 0.25) is 5.91 Å². The number of hydrogen-bond donors (Lipinski definition) is 3. The van der Waals surface area contributed by atoms with Gasteiger partial charge in [-0.3, -0.25) is 14.6 Å². The highest BCUT2D eigenvalue weighted by Gasteiger charge is 2.24. The zero-order chi connectivity index (χ0) is 24.1. The van der Waals surface area contributed by atoms with Crippen molar-refractivity contribution in [3.8, 4) is 0 Å². The summed E-state index contributed by atoms with van der Waals surface area (Å²) in [5, 5.41) is 10.3. The van der Waals surface area contributed by atoms with Crippen molar-refractivity contribution >= 4 is 30.2 Å². The van der Waals surface area contributed by atoms with Crippen LogP contribution in [0.5, 0.6) is 0 Å². The zero-order valence-corrected chi connectivity index (χ0v) is 18.8. The summed E-state index contributed by atoms with van der Waals surface area (Å²) in [7, 11) is 0. The Balaban J connectivity index is 0.00000408. The number of halogens is 4. The van der Waals surface area contributed by atoms with Crippen molar-refractivity contribution in [1.82, 2.24) is 15.3 Å². The maximum atomic E-state index is 13.8. The molecule has 0 aromatic heterocycles. The van der Waals surface area contributed by atoms with Crippen LogP contribution in [0, 0.1) is 17.5 Å². The molecule has 0 aliphatic carbocycles. The SMILES string of the molecule is Cl.N[C@@H](CC(=O)N1CCN(C(=O)c2ccc(C(=O)O)cc2)CCN1)Cc1cc(F)c(F)cc1F. The summed E-state index contributed by atoms with van der Waals surface area (Å²) in [6.45, 7) is 1.00. The van der Waals surface area contributed by atoms with Gasteiger partial charge in [-0.25, -0.2) is 23.4 Å². The Hall–Kier alpha value is -3.15. The number of hydrazine groups is 1. The van der Waals surface area contributed by atoms with Crippen LogP contribution in [0.3, 0.4) is 0 Å². The first-order chi connectivity index (χ1) is 15.7. The molecule has 1 fully saturated rings. The third kappa shape index (κ3) is 6.69. The maximum Gasteiger partial charge on any atom is 0.335 e. The number of benzene rings is 2. The van der Waals surface area contributed by atoms with Crippen molar-refractivity contribution in [2.75, 3.05) is 26.2 Å². The summed E-state index contributed by atoms with van der Waals surface area (Å²) < 4.78 is 40.3. The van der Waals surface area contributed by atoms with Crippen molar-refractivity contribution in [2.24, 2.45) is 5.73 Å². The number of nitrogens with one attached hydrogen (secondary N) is 1. The molecule has 2 amide bonds. The molecule has 2 aromatic rings. The van der Waals surface area contributed by atoms with Crippen molar-refractivity contribution in [2.45, 2.75) is 18.9 Å². The van der Waals surface area contributed by atoms with Crippen LogP contribution >= 0.6 is 12.4 Å². The summed E-state index contributed by atoms with van der Waals surface area (Å²) in [5.41, 5.74) is 9.12. The van der Waals surface area contributed by atoms with Gasteiger partial charge >= 0.3 is 5.97 Å². The number of aromatic carboxylic acids is 1. The second kappa shape index (κ2) is 11.8. The van der Waals surface area contributed by atoms with Gasteiger partial charge in [0.1, 0.15) is 5.82 Å². The van der Waals surface area contributed by atoms with E-state index < -0.39 is 29.5 Å². The van der Waals surface area contributed by atoms with E-state index in [4.69, 9.17) is 10.8 Å². The van der Waals surface area contributed by atoms with Crippen LogP contribution in [0.15, 0.2) is 36.4 Å². The fourth-order valence-electron chi connectivity index (χ4n) is 3.49. The number of nitrogens with zero attached hydrogens (tertiary/aromatic N) is 2. The van der Waals surface area contributed by atoms with Crippen molar-refractivity contribution < 1.29 is 32.7 Å². The van der Waals surface area contributed by atoms with E-state index >= 15 is 0 Å². The van der Waals surface area contributed by atoms with Gasteiger partial charge in [-0.05, 0) is 42.3 Å². The molecule has 1 saturated heterocycles. The van der Waals surface area contributed by atoms with Crippen LogP contribution in [-0.4, -0.2) is 65.0 Å². The molecule has 184 valence electrons. The molecule has 8 nitrogen and oxygen atoms in total. The third-order valence-electron chi connectivity index (χ3n) is 5.25. The van der Waals surface area contributed by atoms with E-state index in [1.165, 1.54) is 34.2 Å². The quantitative estimate of drug-likeness (QED) is 0.522. The molecule has 1 heterocycles. The first-order valence-corrected chi connectivity index (χ1v) is 10.2. The molecule has 1 atom stereocenters. The Kier molecular flexibility index (Phi) is 9.42. The standard InChI is InChI=1S/C22H23F3N4O4.ClH/c23-17-12-19(25)18(24)10-15(17)9-16(26)11-20(30)29-8-7-28(6-5-27-29)21(31)13-1-3-14(4-2-13)22(32)33;/h1-4,10,12,16,27H,5-9,11,26H2,(H,32,33);1H/t16-;/m1./s1. The normalized spacial score (nSPS) is 14.7. The van der Waals surface area contributed by atoms with Crippen LogP contribution in [0.1, 0.15) is 32.7 Å². The fraction of sp³-hybridized carbons (Fsp3) is 0.318. The highest BCUT2D eigenvalue weighted by Crippen LogP contribution is 2.16. The minimum atomic E-state index is -1.30. The van der Waals surface area contributed by atoms with Gasteiger partial charge in [0.25, 0.3) is 5.91 Å². The molecule has 0 spiro atoms. The number of carbonyl (C=O) groups is 3. The van der Waals surface area contributed by atoms with Crippen LogP contribution in [0.25, 0.3) is 0 Å². The number of carboxylic acids is 1. The molecule has 1 aliphatic heterocycles. The average molecular weight is 501 g/mol. The van der Waals surface area contributed by atoms with Gasteiger partial charge in [0, 0.05) is 43.7 Å². The Morgan fingerprint density at radius 1 is 0.971 bits per heavy atom. The summed E-state index contributed by atoms with van der Waals surface area (Å²) in [5.74, 6) is -5.20. The molecule has 2 aromatic carbocycles. The highest BCUT2D eigenvalue weighted by molar-refractivity contribution is 5.96. The predicted octanol–water partition coefficient (Wildman–Crippen LogP) is 1.97. The van der Waals surface area contributed by atoms with Crippen molar-refractivity contribution in [3.63, 3.8) is 0 Å². The molecule has 0 radical (unpaired) electrons. The smallest absolute Gasteiger partial charge is 0.335 e. The lowest BCUT2D eigenvalue weighted by atomic mass is 10.0. The maximum absolute atomic E-state index is 13.8. The lowest BCUT2D eigenvalue weighted by molar-refractivity contribution is -0.134. The first-order valence-electron chi connectivity index (χ1n) is 10.2. The summed E-state index contributed by atoms with van der Waals surface area (Å²) in [6, 6.07) is 5.90. The van der Waals surface area contributed by atoms with Crippen LogP contribution in [-0.2, 0) is 11.2 Å². The lowest BCUT2D eigenvalue weighted by Gasteiger charge is -2.23. The van der Waals surface area contributed by atoms with Gasteiger partial charge in [0.05, 0.1) is 12.1 Å². The van der Waals surface area contributed by atoms with E-state index in [0.717, 1.165) is 6.07 Å². The molecule has 3 rings (SSSR count). The van der Waals surface area contributed by atoms with Crippen LogP contribution in [0.4, 0.5) is 13.2 Å². The second-order valence-electron chi connectivity index (χ2n) is 7.65. The molecule has 0 bridgehead atoms. The molecule has 12 heteroatoms. The van der Waals surface area contributed by atoms with Gasteiger partial charge < -0.3 is 15.7 Å². The summed E-state index contributed by atoms with van der Waals surface area (Å²) in [4.78, 5) is 37.8. The van der Waals surface area contributed by atoms with E-state index in [2.05, 4.69) is 5.43 Å². The van der Waals surface area contributed by atoms with Crippen LogP contribution < -0.4 is 11.2 Å². The number of carbonyl (C=O) groups excluding carboxylic acids is 2. The molecular formula is C22H24ClF3N4O4. The van der Waals surface area contributed by atoms with E-state index in [0.29, 0.717) is 18.2 Å². The monoisotopic (exact) mass is 500 g/mol. The topological polar surface area (TPSA) is 116 Å². The summed E-state index contributed by atoms with van der Waals surface area (Å²) >= 11 is 0. The zero-order valence-electron chi connectivity index (χ0n) is 18.0. The van der Waals surface area contributed by atoms with Crippen molar-refractivity contribution in [3.05, 3.63) is 70.5 Å². The largest absolute Gasteiger partial charge is 0.478 e. The number of rotatable bonds is 6. The van der Waals surface area contributed by atoms with Gasteiger partial charge in [0.15, 0.2) is 11.6 Å². The van der Waals surface area contributed by atoms with E-state index in [-0.39, 0.29) is 67.8 Å². The average Bonchev–Trinajstić information content (AvgIpc) is 3.03. The van der Waals surface area contributed by atoms with E-state index in [1.807, 2.05) is 0 Å². The minimum absolute atomic E-state index is 0. The first kappa shape index (κ1) is 27.1. The molecular weight excluding hydrogens is 477 g/mol. The van der Waals surface area contributed by atoms with E-state index in [9.17, 15) is 27.6 Å². The predicted molar refractivity (Wildman–Crippen MR) is 119 cm³/mol. The summed E-state index contributed by atoms with van der Waals surface area (Å²) in [6.07, 6.45) is -0.324. The fourth-order valence-corrected chi connectivity index (χ4v) is 3.49. The molecule has 0 unspecified atom stereocenters. The third-order valence-corrected chi connectivity index (χ3v) is 5.25. The molecule has 4 N–H and O–H groups in total.